The molecule has 0 unspecified atom stereocenters. The Bertz CT molecular complexity index is 1330. The lowest BCUT2D eigenvalue weighted by molar-refractivity contribution is 0.222. The van der Waals surface area contributed by atoms with Gasteiger partial charge in [0.15, 0.2) is 0 Å². The Kier molecular flexibility index (Phi) is 4.17. The zero-order valence-corrected chi connectivity index (χ0v) is 17.1. The number of nitrogens with zero attached hydrogens (tertiary/aromatic N) is 4. The monoisotopic (exact) mass is 427 g/mol. The van der Waals surface area contributed by atoms with Crippen molar-refractivity contribution in [1.82, 2.24) is 20.2 Å². The second-order valence-corrected chi connectivity index (χ2v) is 7.62. The zero-order chi connectivity index (χ0) is 21.7. The van der Waals surface area contributed by atoms with Crippen LogP contribution < -0.4 is 14.8 Å². The average Bonchev–Trinajstić information content (AvgIpc) is 3.31. The fourth-order valence-electron chi connectivity index (χ4n) is 4.36. The molecule has 0 aliphatic carbocycles. The molecule has 0 fully saturated rings. The average molecular weight is 427 g/mol. The molecule has 1 N–H and O–H groups in total. The van der Waals surface area contributed by atoms with Crippen LogP contribution in [0, 0.1) is 5.82 Å². The Balaban J connectivity index is 1.60. The molecule has 0 saturated carbocycles. The highest BCUT2D eigenvalue weighted by Crippen LogP contribution is 2.50. The number of halogens is 1. The molecular weight excluding hydrogens is 409 g/mol. The van der Waals surface area contributed by atoms with Gasteiger partial charge in [-0.25, -0.2) is 4.39 Å². The summed E-state index contributed by atoms with van der Waals surface area (Å²) in [7, 11) is 1.64. The summed E-state index contributed by atoms with van der Waals surface area (Å²) in [5.74, 6) is 1.74. The summed E-state index contributed by atoms with van der Waals surface area (Å²) in [6, 6.07) is 21.7. The van der Waals surface area contributed by atoms with E-state index in [1.54, 1.807) is 23.9 Å². The van der Waals surface area contributed by atoms with Gasteiger partial charge in [-0.1, -0.05) is 41.5 Å². The fraction of sp³-hybridized carbons (Fsp3) is 0.125. The molecule has 0 amide bonds. The van der Waals surface area contributed by atoms with Crippen molar-refractivity contribution in [1.29, 1.82) is 0 Å². The van der Waals surface area contributed by atoms with Crippen molar-refractivity contribution < 1.29 is 13.9 Å². The second-order valence-electron chi connectivity index (χ2n) is 7.62. The maximum absolute atomic E-state index is 13.7. The third-order valence-electron chi connectivity index (χ3n) is 5.85. The summed E-state index contributed by atoms with van der Waals surface area (Å²) >= 11 is 0. The van der Waals surface area contributed by atoms with Crippen molar-refractivity contribution in [3.63, 3.8) is 0 Å². The van der Waals surface area contributed by atoms with E-state index in [4.69, 9.17) is 9.47 Å². The molecule has 4 aromatic rings. The molecule has 6 rings (SSSR count). The lowest BCUT2D eigenvalue weighted by atomic mass is 9.84. The number of fused-ring (bicyclic) bond motifs is 3. The number of benzene rings is 3. The highest BCUT2D eigenvalue weighted by atomic mass is 19.1. The van der Waals surface area contributed by atoms with Crippen LogP contribution in [0.5, 0.6) is 11.5 Å². The molecule has 0 radical (unpaired) electrons. The number of para-hydroxylation sites is 1. The Hall–Kier alpha value is -4.20. The smallest absolute Gasteiger partial charge is 0.248 e. The van der Waals surface area contributed by atoms with Gasteiger partial charge < -0.3 is 14.8 Å². The lowest BCUT2D eigenvalue weighted by Gasteiger charge is -2.38. The number of hydrogen-bond acceptors (Lipinski definition) is 6. The fourth-order valence-corrected chi connectivity index (χ4v) is 4.36. The molecule has 2 atom stereocenters. The number of anilines is 1. The molecule has 3 heterocycles. The minimum atomic E-state index is -0.461. The summed E-state index contributed by atoms with van der Waals surface area (Å²) in [5, 5.41) is 15.7. The highest BCUT2D eigenvalue weighted by molar-refractivity contribution is 5.85. The van der Waals surface area contributed by atoms with Gasteiger partial charge >= 0.3 is 0 Å². The molecule has 2 aliphatic heterocycles. The van der Waals surface area contributed by atoms with Gasteiger partial charge in [0.1, 0.15) is 29.5 Å². The van der Waals surface area contributed by atoms with Gasteiger partial charge in [0.25, 0.3) is 0 Å². The largest absolute Gasteiger partial charge is 0.497 e. The number of hydrogen-bond donors (Lipinski definition) is 1. The van der Waals surface area contributed by atoms with E-state index in [0.717, 1.165) is 39.5 Å². The summed E-state index contributed by atoms with van der Waals surface area (Å²) in [4.78, 5) is 0. The van der Waals surface area contributed by atoms with Crippen LogP contribution in [0.25, 0.3) is 5.70 Å². The highest BCUT2D eigenvalue weighted by Gasteiger charge is 2.41. The van der Waals surface area contributed by atoms with Crippen molar-refractivity contribution >= 4 is 11.6 Å². The Morgan fingerprint density at radius 2 is 1.72 bits per heavy atom. The quantitative estimate of drug-likeness (QED) is 0.523. The van der Waals surface area contributed by atoms with Gasteiger partial charge in [-0.05, 0) is 58.0 Å². The van der Waals surface area contributed by atoms with E-state index in [1.807, 2.05) is 48.5 Å². The molecule has 0 spiro atoms. The molecule has 8 heteroatoms. The molecule has 3 aromatic carbocycles. The van der Waals surface area contributed by atoms with Crippen LogP contribution in [0.1, 0.15) is 28.8 Å². The summed E-state index contributed by atoms with van der Waals surface area (Å²) in [6.07, 6.45) is -0.461. The molecule has 0 bridgehead atoms. The number of methoxy groups -OCH3 is 1. The minimum absolute atomic E-state index is 0.296. The normalized spacial score (nSPS) is 18.7. The third kappa shape index (κ3) is 2.84. The van der Waals surface area contributed by atoms with Crippen LogP contribution in [0.2, 0.25) is 0 Å². The molecule has 2 aliphatic rings. The predicted molar refractivity (Wildman–Crippen MR) is 116 cm³/mol. The summed E-state index contributed by atoms with van der Waals surface area (Å²) < 4.78 is 27.3. The molecule has 1 aromatic heterocycles. The first-order chi connectivity index (χ1) is 15.7. The maximum atomic E-state index is 13.7. The van der Waals surface area contributed by atoms with Gasteiger partial charge in [-0.15, -0.1) is 0 Å². The van der Waals surface area contributed by atoms with Gasteiger partial charge in [-0.2, -0.15) is 4.68 Å². The van der Waals surface area contributed by atoms with E-state index in [1.165, 1.54) is 12.1 Å². The van der Waals surface area contributed by atoms with Crippen LogP contribution in [-0.4, -0.2) is 27.3 Å². The van der Waals surface area contributed by atoms with Crippen LogP contribution in [0.4, 0.5) is 10.3 Å². The Morgan fingerprint density at radius 1 is 0.969 bits per heavy atom. The van der Waals surface area contributed by atoms with E-state index < -0.39 is 6.10 Å². The van der Waals surface area contributed by atoms with Crippen molar-refractivity contribution in [3.05, 3.63) is 101 Å². The SMILES string of the molecule is COc1ccc([C@@H]2C3=C(Nc4nnnn42)c2ccccc2O[C@@H]3c2ccc(F)cc2)cc1. The Morgan fingerprint density at radius 3 is 2.50 bits per heavy atom. The summed E-state index contributed by atoms with van der Waals surface area (Å²) in [6.45, 7) is 0. The topological polar surface area (TPSA) is 74.1 Å². The maximum Gasteiger partial charge on any atom is 0.248 e. The van der Waals surface area contributed by atoms with Crippen LogP contribution in [0.15, 0.2) is 78.4 Å². The number of ether oxygens (including phenoxy) is 2. The van der Waals surface area contributed by atoms with E-state index in [0.29, 0.717) is 5.95 Å². The van der Waals surface area contributed by atoms with Crippen molar-refractivity contribution in [2.75, 3.05) is 12.4 Å². The first-order valence-corrected chi connectivity index (χ1v) is 10.2. The van der Waals surface area contributed by atoms with Gasteiger partial charge in [0.2, 0.25) is 5.95 Å². The lowest BCUT2D eigenvalue weighted by Crippen LogP contribution is -2.32. The molecule has 0 saturated heterocycles. The predicted octanol–water partition coefficient (Wildman–Crippen LogP) is 4.38. The zero-order valence-electron chi connectivity index (χ0n) is 17.1. The van der Waals surface area contributed by atoms with Crippen molar-refractivity contribution in [2.45, 2.75) is 12.1 Å². The summed E-state index contributed by atoms with van der Waals surface area (Å²) in [5.41, 5.74) is 4.58. The first kappa shape index (κ1) is 18.6. The second kappa shape index (κ2) is 7.19. The molecule has 32 heavy (non-hydrogen) atoms. The van der Waals surface area contributed by atoms with Crippen molar-refractivity contribution in [2.24, 2.45) is 0 Å². The van der Waals surface area contributed by atoms with Gasteiger partial charge in [0, 0.05) is 11.1 Å². The van der Waals surface area contributed by atoms with Crippen LogP contribution in [0.3, 0.4) is 0 Å². The molecular formula is C24H18FN5O2. The number of rotatable bonds is 3. The number of nitrogens with one attached hydrogen (secondary N) is 1. The van der Waals surface area contributed by atoms with Crippen molar-refractivity contribution in [3.8, 4) is 11.5 Å². The Labute approximate surface area is 183 Å². The molecule has 158 valence electrons. The first-order valence-electron chi connectivity index (χ1n) is 10.2. The standard InChI is InChI=1S/C24H18FN5O2/c1-31-17-12-8-14(9-13-17)22-20-21(26-24-27-28-29-30(22)24)18-4-2-3-5-19(18)32-23(20)15-6-10-16(25)11-7-15/h2-13,22-23H,1H3,(H,26,27,29)/t22-,23-/m1/s1. The van der Waals surface area contributed by atoms with E-state index in [9.17, 15) is 4.39 Å². The minimum Gasteiger partial charge on any atom is -0.497 e. The van der Waals surface area contributed by atoms with E-state index in [2.05, 4.69) is 20.8 Å². The molecule has 7 nitrogen and oxygen atoms in total. The number of aromatic nitrogens is 4. The van der Waals surface area contributed by atoms with Gasteiger partial charge in [-0.3, -0.25) is 0 Å². The van der Waals surface area contributed by atoms with Crippen LogP contribution in [-0.2, 0) is 0 Å². The third-order valence-corrected chi connectivity index (χ3v) is 5.85. The number of tetrazole rings is 1. The van der Waals surface area contributed by atoms with E-state index in [-0.39, 0.29) is 11.9 Å². The van der Waals surface area contributed by atoms with Gasteiger partial charge in [0.05, 0.1) is 12.8 Å². The van der Waals surface area contributed by atoms with E-state index >= 15 is 0 Å². The van der Waals surface area contributed by atoms with Crippen LogP contribution >= 0.6 is 0 Å².